The van der Waals surface area contributed by atoms with Gasteiger partial charge in [-0.05, 0) is 91.7 Å². The number of rotatable bonds is 5. The number of H-pyrrole nitrogens is 1. The number of nitrogens with one attached hydrogen (secondary N) is 1. The van der Waals surface area contributed by atoms with Crippen molar-refractivity contribution in [3.05, 3.63) is 81.7 Å². The molecule has 8 heteroatoms. The summed E-state index contributed by atoms with van der Waals surface area (Å²) >= 11 is 3.50. The van der Waals surface area contributed by atoms with Crippen molar-refractivity contribution in [2.24, 2.45) is 0 Å². The van der Waals surface area contributed by atoms with E-state index in [9.17, 15) is 4.79 Å². The molecule has 0 saturated carbocycles. The molecule has 0 aliphatic carbocycles. The Hall–Kier alpha value is -3.26. The molecular weight excluding hydrogens is 470 g/mol. The maximum absolute atomic E-state index is 12.5. The molecule has 2 aromatic carbocycles. The Bertz CT molecular complexity index is 1240. The maximum atomic E-state index is 12.5. The molecule has 164 valence electrons. The number of nitrogens with zero attached hydrogens (tertiary/aromatic N) is 4. The summed E-state index contributed by atoms with van der Waals surface area (Å²) in [5.74, 6) is 0.343. The van der Waals surface area contributed by atoms with Crippen molar-refractivity contribution in [1.29, 1.82) is 0 Å². The summed E-state index contributed by atoms with van der Waals surface area (Å²) in [6.07, 6.45) is 0.538. The first kappa shape index (κ1) is 22.0. The van der Waals surface area contributed by atoms with Gasteiger partial charge in [0.1, 0.15) is 5.60 Å². The van der Waals surface area contributed by atoms with Crippen LogP contribution in [0.1, 0.15) is 48.2 Å². The number of tetrazole rings is 1. The number of esters is 1. The number of carbonyl (C=O) groups excluding carboxylic acids is 1. The molecule has 0 radical (unpaired) electrons. The fourth-order valence-corrected chi connectivity index (χ4v) is 3.81. The van der Waals surface area contributed by atoms with Gasteiger partial charge in [-0.15, -0.1) is 5.10 Å². The Kier molecular flexibility index (Phi) is 5.97. The van der Waals surface area contributed by atoms with Gasteiger partial charge in [0.05, 0.1) is 11.3 Å². The molecule has 32 heavy (non-hydrogen) atoms. The Morgan fingerprint density at radius 1 is 1.09 bits per heavy atom. The number of aryl methyl sites for hydroxylation is 1. The van der Waals surface area contributed by atoms with E-state index >= 15 is 0 Å². The fourth-order valence-electron chi connectivity index (χ4n) is 3.54. The minimum Gasteiger partial charge on any atom is -0.456 e. The van der Waals surface area contributed by atoms with Gasteiger partial charge >= 0.3 is 5.97 Å². The summed E-state index contributed by atoms with van der Waals surface area (Å²) in [5, 5.41) is 14.2. The van der Waals surface area contributed by atoms with Crippen LogP contribution in [-0.4, -0.2) is 36.8 Å². The highest BCUT2D eigenvalue weighted by molar-refractivity contribution is 9.10. The largest absolute Gasteiger partial charge is 0.456 e. The van der Waals surface area contributed by atoms with Gasteiger partial charge in [0.15, 0.2) is 5.82 Å². The molecule has 4 rings (SSSR count). The molecule has 2 heterocycles. The van der Waals surface area contributed by atoms with E-state index in [4.69, 9.17) is 4.74 Å². The van der Waals surface area contributed by atoms with Gasteiger partial charge in [0, 0.05) is 22.3 Å². The van der Waals surface area contributed by atoms with Crippen LogP contribution in [0.3, 0.4) is 0 Å². The smallest absolute Gasteiger partial charge is 0.338 e. The second kappa shape index (κ2) is 8.70. The molecule has 0 aliphatic rings. The molecule has 0 atom stereocenters. The SMILES string of the molecule is Cc1cc(C(=O)OC(C)(C)C)ccc1-n1c(Cc2nnn[nH]2)ccc1-c1ccc(Br)cc1. The van der Waals surface area contributed by atoms with Gasteiger partial charge in [0.2, 0.25) is 0 Å². The summed E-state index contributed by atoms with van der Waals surface area (Å²) in [7, 11) is 0. The average molecular weight is 494 g/mol. The molecule has 0 bridgehead atoms. The summed E-state index contributed by atoms with van der Waals surface area (Å²) in [5.41, 5.74) is 5.05. The topological polar surface area (TPSA) is 85.7 Å². The molecule has 0 spiro atoms. The summed E-state index contributed by atoms with van der Waals surface area (Å²) in [6.45, 7) is 7.58. The van der Waals surface area contributed by atoms with Gasteiger partial charge < -0.3 is 9.30 Å². The first-order chi connectivity index (χ1) is 15.2. The van der Waals surface area contributed by atoms with E-state index in [1.807, 2.05) is 58.0 Å². The molecule has 2 aromatic heterocycles. The highest BCUT2D eigenvalue weighted by Gasteiger charge is 2.20. The van der Waals surface area contributed by atoms with Crippen LogP contribution < -0.4 is 0 Å². The van der Waals surface area contributed by atoms with Crippen LogP contribution in [-0.2, 0) is 11.2 Å². The number of halogens is 1. The number of carbonyl (C=O) groups is 1. The molecule has 0 unspecified atom stereocenters. The van der Waals surface area contributed by atoms with E-state index in [0.29, 0.717) is 17.8 Å². The van der Waals surface area contributed by atoms with Crippen LogP contribution in [0.25, 0.3) is 16.9 Å². The van der Waals surface area contributed by atoms with Gasteiger partial charge in [-0.3, -0.25) is 0 Å². The van der Waals surface area contributed by atoms with Crippen molar-refractivity contribution in [2.45, 2.75) is 39.7 Å². The minimum absolute atomic E-state index is 0.333. The second-order valence-electron chi connectivity index (χ2n) is 8.58. The van der Waals surface area contributed by atoms with Crippen LogP contribution in [0.5, 0.6) is 0 Å². The van der Waals surface area contributed by atoms with Crippen molar-refractivity contribution in [3.63, 3.8) is 0 Å². The van der Waals surface area contributed by atoms with Gasteiger partial charge in [-0.1, -0.05) is 28.1 Å². The first-order valence-corrected chi connectivity index (χ1v) is 11.0. The van der Waals surface area contributed by atoms with Crippen molar-refractivity contribution >= 4 is 21.9 Å². The van der Waals surface area contributed by atoms with Gasteiger partial charge in [-0.2, -0.15) is 0 Å². The molecular formula is C24H24BrN5O2. The lowest BCUT2D eigenvalue weighted by Gasteiger charge is -2.20. The maximum Gasteiger partial charge on any atom is 0.338 e. The van der Waals surface area contributed by atoms with E-state index in [-0.39, 0.29) is 5.97 Å². The van der Waals surface area contributed by atoms with Crippen LogP contribution in [0.4, 0.5) is 0 Å². The number of ether oxygens (including phenoxy) is 1. The monoisotopic (exact) mass is 493 g/mol. The fraction of sp³-hybridized carbons (Fsp3) is 0.250. The zero-order chi connectivity index (χ0) is 22.9. The standard InChI is InChI=1S/C24H24BrN5O2/c1-15-13-17(23(31)32-24(2,3)4)7-11-20(15)30-19(14-22-26-28-29-27-22)10-12-21(30)16-5-8-18(25)9-6-16/h5-13H,14H2,1-4H3,(H,26,27,28,29). The minimum atomic E-state index is -0.545. The highest BCUT2D eigenvalue weighted by Crippen LogP contribution is 2.30. The molecule has 0 amide bonds. The van der Waals surface area contributed by atoms with Crippen molar-refractivity contribution in [3.8, 4) is 16.9 Å². The van der Waals surface area contributed by atoms with Gasteiger partial charge in [-0.25, -0.2) is 9.89 Å². The van der Waals surface area contributed by atoms with E-state index in [1.165, 1.54) is 0 Å². The Labute approximate surface area is 194 Å². The zero-order valence-corrected chi connectivity index (χ0v) is 20.0. The van der Waals surface area contributed by atoms with E-state index < -0.39 is 5.60 Å². The Balaban J connectivity index is 1.79. The summed E-state index contributed by atoms with van der Waals surface area (Å²) in [4.78, 5) is 12.5. The summed E-state index contributed by atoms with van der Waals surface area (Å²) < 4.78 is 8.73. The number of aromatic amines is 1. The van der Waals surface area contributed by atoms with Crippen LogP contribution in [0, 0.1) is 6.92 Å². The quantitative estimate of drug-likeness (QED) is 0.382. The van der Waals surface area contributed by atoms with Crippen LogP contribution in [0.2, 0.25) is 0 Å². The molecule has 4 aromatic rings. The predicted molar refractivity (Wildman–Crippen MR) is 126 cm³/mol. The van der Waals surface area contributed by atoms with E-state index in [1.54, 1.807) is 0 Å². The van der Waals surface area contributed by atoms with Crippen LogP contribution in [0.15, 0.2) is 59.1 Å². The Morgan fingerprint density at radius 3 is 2.47 bits per heavy atom. The molecule has 0 fully saturated rings. The third-order valence-corrected chi connectivity index (χ3v) is 5.44. The lowest BCUT2D eigenvalue weighted by atomic mass is 10.1. The third-order valence-electron chi connectivity index (χ3n) is 4.91. The third kappa shape index (κ3) is 4.80. The van der Waals surface area contributed by atoms with Crippen molar-refractivity contribution in [1.82, 2.24) is 25.2 Å². The van der Waals surface area contributed by atoms with E-state index in [2.05, 4.69) is 65.4 Å². The molecule has 1 N–H and O–H groups in total. The number of hydrogen-bond donors (Lipinski definition) is 1. The lowest BCUT2D eigenvalue weighted by molar-refractivity contribution is 0.00694. The average Bonchev–Trinajstić information content (AvgIpc) is 3.38. The van der Waals surface area contributed by atoms with Crippen molar-refractivity contribution in [2.75, 3.05) is 0 Å². The first-order valence-electron chi connectivity index (χ1n) is 10.2. The summed E-state index contributed by atoms with van der Waals surface area (Å²) in [6, 6.07) is 18.0. The number of benzene rings is 2. The predicted octanol–water partition coefficient (Wildman–Crippen LogP) is 5.27. The number of hydrogen-bond acceptors (Lipinski definition) is 5. The van der Waals surface area contributed by atoms with Crippen LogP contribution >= 0.6 is 15.9 Å². The molecule has 0 saturated heterocycles. The van der Waals surface area contributed by atoms with Gasteiger partial charge in [0.25, 0.3) is 0 Å². The lowest BCUT2D eigenvalue weighted by Crippen LogP contribution is -2.24. The highest BCUT2D eigenvalue weighted by atomic mass is 79.9. The normalized spacial score (nSPS) is 11.5. The van der Waals surface area contributed by atoms with E-state index in [0.717, 1.165) is 32.7 Å². The molecule has 0 aliphatic heterocycles. The zero-order valence-electron chi connectivity index (χ0n) is 18.4. The van der Waals surface area contributed by atoms with Crippen molar-refractivity contribution < 1.29 is 9.53 Å². The second-order valence-corrected chi connectivity index (χ2v) is 9.50. The number of aromatic nitrogens is 5. The molecule has 7 nitrogen and oxygen atoms in total. The Morgan fingerprint density at radius 2 is 1.84 bits per heavy atom.